The van der Waals surface area contributed by atoms with Crippen LogP contribution in [0.4, 0.5) is 0 Å². The van der Waals surface area contributed by atoms with Gasteiger partial charge in [-0.2, -0.15) is 0 Å². The van der Waals surface area contributed by atoms with Gasteiger partial charge in [0.1, 0.15) is 0 Å². The molecule has 0 aromatic heterocycles. The highest BCUT2D eigenvalue weighted by molar-refractivity contribution is 4.94. The van der Waals surface area contributed by atoms with Gasteiger partial charge in [-0.3, -0.25) is 0 Å². The normalized spacial score (nSPS) is 38.7. The monoisotopic (exact) mass is 267 g/mol. The van der Waals surface area contributed by atoms with Gasteiger partial charge in [0.25, 0.3) is 0 Å². The Hall–Kier alpha value is -0.120. The van der Waals surface area contributed by atoms with E-state index in [-0.39, 0.29) is 5.60 Å². The first kappa shape index (κ1) is 13.8. The summed E-state index contributed by atoms with van der Waals surface area (Å²) < 4.78 is 11.6. The van der Waals surface area contributed by atoms with E-state index >= 15 is 0 Å². The van der Waals surface area contributed by atoms with Crippen molar-refractivity contribution in [2.24, 2.45) is 5.92 Å². The van der Waals surface area contributed by atoms with E-state index in [4.69, 9.17) is 9.47 Å². The second-order valence-electron chi connectivity index (χ2n) is 6.88. The van der Waals surface area contributed by atoms with Crippen LogP contribution in [-0.4, -0.2) is 37.5 Å². The maximum atomic E-state index is 6.02. The Labute approximate surface area is 117 Å². The van der Waals surface area contributed by atoms with Gasteiger partial charge in [0, 0.05) is 31.7 Å². The summed E-state index contributed by atoms with van der Waals surface area (Å²) in [5.41, 5.74) is 0.0439. The van der Waals surface area contributed by atoms with E-state index in [1.807, 2.05) is 0 Å². The Morgan fingerprint density at radius 2 is 1.95 bits per heavy atom. The van der Waals surface area contributed by atoms with E-state index in [9.17, 15) is 0 Å². The average molecular weight is 267 g/mol. The third-order valence-electron chi connectivity index (χ3n) is 5.42. The van der Waals surface area contributed by atoms with Gasteiger partial charge in [-0.15, -0.1) is 0 Å². The minimum Gasteiger partial charge on any atom is -0.378 e. The lowest BCUT2D eigenvalue weighted by Crippen LogP contribution is -2.51. The van der Waals surface area contributed by atoms with Crippen LogP contribution in [0.25, 0.3) is 0 Å². The lowest BCUT2D eigenvalue weighted by Gasteiger charge is -2.40. The van der Waals surface area contributed by atoms with Crippen molar-refractivity contribution in [2.75, 3.05) is 19.8 Å². The van der Waals surface area contributed by atoms with Gasteiger partial charge in [0.05, 0.1) is 12.2 Å². The zero-order valence-corrected chi connectivity index (χ0v) is 12.3. The predicted molar refractivity (Wildman–Crippen MR) is 76.3 cm³/mol. The number of hydrogen-bond acceptors (Lipinski definition) is 3. The lowest BCUT2D eigenvalue weighted by molar-refractivity contribution is -0.0909. The zero-order valence-electron chi connectivity index (χ0n) is 12.3. The van der Waals surface area contributed by atoms with Gasteiger partial charge in [-0.1, -0.05) is 19.3 Å². The molecule has 1 saturated carbocycles. The van der Waals surface area contributed by atoms with Gasteiger partial charge in [-0.05, 0) is 38.5 Å². The van der Waals surface area contributed by atoms with Crippen molar-refractivity contribution in [2.45, 2.75) is 76.0 Å². The molecule has 1 aliphatic carbocycles. The smallest absolute Gasteiger partial charge is 0.0951 e. The molecule has 2 unspecified atom stereocenters. The molecule has 3 fully saturated rings. The Morgan fingerprint density at radius 3 is 2.68 bits per heavy atom. The molecule has 0 radical (unpaired) electrons. The Morgan fingerprint density at radius 1 is 1.11 bits per heavy atom. The topological polar surface area (TPSA) is 30.5 Å². The van der Waals surface area contributed by atoms with Crippen molar-refractivity contribution in [3.8, 4) is 0 Å². The van der Waals surface area contributed by atoms with Crippen LogP contribution in [0.3, 0.4) is 0 Å². The van der Waals surface area contributed by atoms with Crippen molar-refractivity contribution in [3.05, 3.63) is 0 Å². The van der Waals surface area contributed by atoms with E-state index in [1.54, 1.807) is 0 Å². The molecule has 3 rings (SSSR count). The second-order valence-corrected chi connectivity index (χ2v) is 6.88. The minimum absolute atomic E-state index is 0.0439. The summed E-state index contributed by atoms with van der Waals surface area (Å²) in [4.78, 5) is 0. The highest BCUT2D eigenvalue weighted by Crippen LogP contribution is 2.34. The van der Waals surface area contributed by atoms with Gasteiger partial charge in [0.15, 0.2) is 0 Å². The van der Waals surface area contributed by atoms with Crippen LogP contribution < -0.4 is 5.32 Å². The summed E-state index contributed by atoms with van der Waals surface area (Å²) in [5, 5.41) is 3.90. The number of nitrogens with one attached hydrogen (secondary N) is 1. The van der Waals surface area contributed by atoms with Crippen LogP contribution in [0.15, 0.2) is 0 Å². The van der Waals surface area contributed by atoms with Crippen molar-refractivity contribution < 1.29 is 9.47 Å². The van der Waals surface area contributed by atoms with Gasteiger partial charge in [-0.25, -0.2) is 0 Å². The Bertz CT molecular complexity index is 282. The summed E-state index contributed by atoms with van der Waals surface area (Å²) in [6, 6.07) is 1.30. The first-order chi connectivity index (χ1) is 9.27. The van der Waals surface area contributed by atoms with Gasteiger partial charge < -0.3 is 14.8 Å². The third-order valence-corrected chi connectivity index (χ3v) is 5.42. The predicted octanol–water partition coefficient (Wildman–Crippen LogP) is 2.88. The van der Waals surface area contributed by atoms with Crippen molar-refractivity contribution in [1.29, 1.82) is 0 Å². The number of ether oxygens (including phenoxy) is 2. The quantitative estimate of drug-likeness (QED) is 0.853. The molecule has 2 heterocycles. The molecule has 19 heavy (non-hydrogen) atoms. The Balaban J connectivity index is 1.51. The molecule has 3 nitrogen and oxygen atoms in total. The molecule has 3 atom stereocenters. The number of hydrogen-bond donors (Lipinski definition) is 1. The first-order valence-electron chi connectivity index (χ1n) is 8.25. The molecule has 3 heteroatoms. The van der Waals surface area contributed by atoms with Gasteiger partial charge in [0.2, 0.25) is 0 Å². The van der Waals surface area contributed by atoms with Crippen molar-refractivity contribution in [1.82, 2.24) is 5.32 Å². The standard InChI is InChI=1S/C16H29NO2/c1-13(14-5-3-2-4-6-14)17-15-7-9-19-16(11-15)8-10-18-12-16/h13-15,17H,2-12H2,1H3/t13-,15?,16?/m1/s1. The summed E-state index contributed by atoms with van der Waals surface area (Å²) >= 11 is 0. The van der Waals surface area contributed by atoms with E-state index < -0.39 is 0 Å². The SMILES string of the molecule is C[C@@H](NC1CCOC2(CCOC2)C1)C1CCCCC1. The summed E-state index contributed by atoms with van der Waals surface area (Å²) in [5.74, 6) is 0.896. The van der Waals surface area contributed by atoms with Crippen LogP contribution in [0.2, 0.25) is 0 Å². The summed E-state index contributed by atoms with van der Waals surface area (Å²) in [6.07, 6.45) is 10.6. The molecular formula is C16H29NO2. The largest absolute Gasteiger partial charge is 0.378 e. The molecule has 2 aliphatic heterocycles. The third kappa shape index (κ3) is 3.32. The van der Waals surface area contributed by atoms with Crippen LogP contribution in [0, 0.1) is 5.92 Å². The van der Waals surface area contributed by atoms with E-state index in [0.29, 0.717) is 12.1 Å². The molecule has 3 aliphatic rings. The fourth-order valence-corrected chi connectivity index (χ4v) is 4.18. The van der Waals surface area contributed by atoms with Crippen molar-refractivity contribution >= 4 is 0 Å². The molecule has 1 spiro atoms. The molecule has 0 bridgehead atoms. The molecular weight excluding hydrogens is 238 g/mol. The second kappa shape index (κ2) is 6.11. The number of rotatable bonds is 3. The molecule has 110 valence electrons. The Kier molecular flexibility index (Phi) is 4.45. The first-order valence-corrected chi connectivity index (χ1v) is 8.25. The summed E-state index contributed by atoms with van der Waals surface area (Å²) in [7, 11) is 0. The van der Waals surface area contributed by atoms with Crippen LogP contribution in [-0.2, 0) is 9.47 Å². The molecule has 0 aromatic carbocycles. The van der Waals surface area contributed by atoms with E-state index in [2.05, 4.69) is 12.2 Å². The van der Waals surface area contributed by atoms with E-state index in [0.717, 1.165) is 38.6 Å². The van der Waals surface area contributed by atoms with Crippen LogP contribution in [0.5, 0.6) is 0 Å². The van der Waals surface area contributed by atoms with E-state index in [1.165, 1.54) is 38.5 Å². The molecule has 1 N–H and O–H groups in total. The maximum Gasteiger partial charge on any atom is 0.0951 e. The van der Waals surface area contributed by atoms with Gasteiger partial charge >= 0.3 is 0 Å². The maximum absolute atomic E-state index is 6.02. The molecule has 0 amide bonds. The molecule has 2 saturated heterocycles. The molecule has 0 aromatic rings. The average Bonchev–Trinajstić information content (AvgIpc) is 2.88. The zero-order chi connectivity index (χ0) is 13.1. The van der Waals surface area contributed by atoms with Crippen LogP contribution >= 0.6 is 0 Å². The highest BCUT2D eigenvalue weighted by Gasteiger charge is 2.41. The minimum atomic E-state index is 0.0439. The highest BCUT2D eigenvalue weighted by atomic mass is 16.6. The fraction of sp³-hybridized carbons (Fsp3) is 1.00. The van der Waals surface area contributed by atoms with Crippen molar-refractivity contribution in [3.63, 3.8) is 0 Å². The van der Waals surface area contributed by atoms with Crippen LogP contribution in [0.1, 0.15) is 58.3 Å². The summed E-state index contributed by atoms with van der Waals surface area (Å²) in [6.45, 7) is 4.98. The fourth-order valence-electron chi connectivity index (χ4n) is 4.18. The lowest BCUT2D eigenvalue weighted by atomic mass is 9.83.